The van der Waals surface area contributed by atoms with Gasteiger partial charge in [-0.3, -0.25) is 0 Å². The molecule has 0 saturated carbocycles. The molecule has 0 amide bonds. The van der Waals surface area contributed by atoms with E-state index in [1.54, 1.807) is 26.4 Å². The number of methoxy groups -OCH3 is 2. The van der Waals surface area contributed by atoms with Gasteiger partial charge in [-0.1, -0.05) is 42.0 Å². The maximum atomic E-state index is 13.8. The normalized spacial score (nSPS) is 17.8. The number of nitrogens with zero attached hydrogens (tertiary/aromatic N) is 1. The Morgan fingerprint density at radius 2 is 1.12 bits per heavy atom. The molecule has 40 heavy (non-hydrogen) atoms. The van der Waals surface area contributed by atoms with Gasteiger partial charge in [-0.15, -0.1) is 0 Å². The Hall–Kier alpha value is -4.29. The van der Waals surface area contributed by atoms with Crippen molar-refractivity contribution in [1.82, 2.24) is 0 Å². The van der Waals surface area contributed by atoms with Gasteiger partial charge < -0.3 is 14.4 Å². The van der Waals surface area contributed by atoms with Gasteiger partial charge in [0, 0.05) is 28.9 Å². The third-order valence-corrected chi connectivity index (χ3v) is 9.77. The summed E-state index contributed by atoms with van der Waals surface area (Å²) in [4.78, 5) is 3.05. The van der Waals surface area contributed by atoms with E-state index < -0.39 is 9.84 Å². The topological polar surface area (TPSA) is 55.8 Å². The van der Waals surface area contributed by atoms with Crippen LogP contribution in [0.4, 0.5) is 17.1 Å². The number of anilines is 3. The summed E-state index contributed by atoms with van der Waals surface area (Å²) >= 11 is 0. The van der Waals surface area contributed by atoms with Crippen LogP contribution in [0.5, 0.6) is 11.5 Å². The Labute approximate surface area is 235 Å². The number of benzene rings is 4. The smallest absolute Gasteiger partial charge is 0.203 e. The Morgan fingerprint density at radius 1 is 0.650 bits per heavy atom. The van der Waals surface area contributed by atoms with Crippen LogP contribution in [0.2, 0.25) is 0 Å². The predicted octanol–water partition coefficient (Wildman–Crippen LogP) is 7.87. The lowest BCUT2D eigenvalue weighted by Crippen LogP contribution is -2.12. The number of ether oxygens (including phenoxy) is 2. The second-order valence-corrected chi connectivity index (χ2v) is 12.1. The van der Waals surface area contributed by atoms with E-state index in [1.165, 1.54) is 0 Å². The summed E-state index contributed by atoms with van der Waals surface area (Å²) in [7, 11) is -0.306. The molecule has 0 aromatic heterocycles. The molecule has 0 saturated heterocycles. The third-order valence-electron chi connectivity index (χ3n) is 7.78. The highest BCUT2D eigenvalue weighted by Gasteiger charge is 2.42. The fourth-order valence-corrected chi connectivity index (χ4v) is 7.61. The molecule has 2 bridgehead atoms. The van der Waals surface area contributed by atoms with Crippen LogP contribution in [0.3, 0.4) is 0 Å². The number of allylic oxidation sites excluding steroid dienone is 4. The van der Waals surface area contributed by atoms with Gasteiger partial charge in [-0.05, 0) is 97.3 Å². The van der Waals surface area contributed by atoms with Crippen molar-refractivity contribution in [1.29, 1.82) is 0 Å². The molecule has 4 aromatic carbocycles. The van der Waals surface area contributed by atoms with Crippen LogP contribution in [0.25, 0.3) is 5.57 Å². The van der Waals surface area contributed by atoms with Gasteiger partial charge in [0.1, 0.15) is 11.5 Å². The number of rotatable bonds is 8. The highest BCUT2D eigenvalue weighted by molar-refractivity contribution is 7.95. The molecule has 2 unspecified atom stereocenters. The maximum absolute atomic E-state index is 13.8. The molecule has 2 aliphatic rings. The number of hydrogen-bond acceptors (Lipinski definition) is 5. The number of fused-ring (bicyclic) bond motifs is 2. The van der Waals surface area contributed by atoms with Crippen molar-refractivity contribution in [2.24, 2.45) is 11.8 Å². The van der Waals surface area contributed by atoms with Crippen molar-refractivity contribution >= 4 is 32.5 Å². The minimum atomic E-state index is -3.62. The van der Waals surface area contributed by atoms with E-state index >= 15 is 0 Å². The summed E-state index contributed by atoms with van der Waals surface area (Å²) < 4.78 is 38.4. The van der Waals surface area contributed by atoms with Crippen LogP contribution in [-0.2, 0) is 9.84 Å². The zero-order valence-electron chi connectivity index (χ0n) is 22.7. The summed E-state index contributed by atoms with van der Waals surface area (Å²) in [5.74, 6) is 1.59. The van der Waals surface area contributed by atoms with Gasteiger partial charge >= 0.3 is 0 Å². The summed E-state index contributed by atoms with van der Waals surface area (Å²) in [5.41, 5.74) is 5.80. The fraction of sp³-hybridized carbons (Fsp3) is 0.176. The Bertz CT molecular complexity index is 1640. The van der Waals surface area contributed by atoms with Crippen LogP contribution in [0.1, 0.15) is 17.5 Å². The van der Waals surface area contributed by atoms with Gasteiger partial charge in [-0.25, -0.2) is 8.42 Å². The van der Waals surface area contributed by atoms with Crippen LogP contribution >= 0.6 is 0 Å². The minimum absolute atomic E-state index is 0.0823. The molecule has 6 rings (SSSR count). The van der Waals surface area contributed by atoms with Crippen LogP contribution in [0.15, 0.2) is 119 Å². The molecule has 202 valence electrons. The van der Waals surface area contributed by atoms with Gasteiger partial charge in [-0.2, -0.15) is 0 Å². The highest BCUT2D eigenvalue weighted by Crippen LogP contribution is 2.52. The van der Waals surface area contributed by atoms with Crippen molar-refractivity contribution in [3.8, 4) is 11.5 Å². The van der Waals surface area contributed by atoms with Gasteiger partial charge in [0.15, 0.2) is 0 Å². The van der Waals surface area contributed by atoms with E-state index in [0.29, 0.717) is 9.80 Å². The molecule has 2 atom stereocenters. The standard InChI is InChI=1S/C34H31NO4S/c1-23-4-20-32(21-5-23)40(36,37)34-26-7-6-25(22-26)33(34)24-8-10-27(11-9-24)35(28-12-16-30(38-2)17-13-28)29-14-18-31(39-3)19-15-29/h4-21,25-26H,22H2,1-3H3. The van der Waals surface area contributed by atoms with Crippen molar-refractivity contribution < 1.29 is 17.9 Å². The summed E-state index contributed by atoms with van der Waals surface area (Å²) in [6.45, 7) is 1.96. The predicted molar refractivity (Wildman–Crippen MR) is 160 cm³/mol. The number of aryl methyl sites for hydroxylation is 1. The van der Waals surface area contributed by atoms with Crippen molar-refractivity contribution in [2.45, 2.75) is 18.2 Å². The SMILES string of the molecule is COc1ccc(N(c2ccc(OC)cc2)c2ccc(C3=C(S(=O)(=O)c4ccc(C)cc4)C4C=CC3C4)cc2)cc1. The molecule has 5 nitrogen and oxygen atoms in total. The molecular weight excluding hydrogens is 518 g/mol. The first kappa shape index (κ1) is 26.0. The van der Waals surface area contributed by atoms with Crippen molar-refractivity contribution in [2.75, 3.05) is 19.1 Å². The van der Waals surface area contributed by atoms with E-state index in [-0.39, 0.29) is 11.8 Å². The lowest BCUT2D eigenvalue weighted by atomic mass is 9.95. The first-order chi connectivity index (χ1) is 19.4. The zero-order valence-corrected chi connectivity index (χ0v) is 23.6. The minimum Gasteiger partial charge on any atom is -0.497 e. The van der Waals surface area contributed by atoms with Gasteiger partial charge in [0.05, 0.1) is 24.0 Å². The highest BCUT2D eigenvalue weighted by atomic mass is 32.2. The quantitative estimate of drug-likeness (QED) is 0.209. The first-order valence-corrected chi connectivity index (χ1v) is 14.8. The van der Waals surface area contributed by atoms with Gasteiger partial charge in [0.2, 0.25) is 9.84 Å². The number of sulfone groups is 1. The summed E-state index contributed by atoms with van der Waals surface area (Å²) in [6, 6.07) is 31.2. The van der Waals surface area contributed by atoms with E-state index in [2.05, 4.69) is 29.2 Å². The maximum Gasteiger partial charge on any atom is 0.203 e. The zero-order chi connectivity index (χ0) is 27.9. The third kappa shape index (κ3) is 4.58. The molecular formula is C34H31NO4S. The Balaban J connectivity index is 1.41. The average molecular weight is 550 g/mol. The van der Waals surface area contributed by atoms with E-state index in [0.717, 1.165) is 51.7 Å². The van der Waals surface area contributed by atoms with E-state index in [1.807, 2.05) is 79.7 Å². The van der Waals surface area contributed by atoms with Crippen LogP contribution in [-0.4, -0.2) is 22.6 Å². The molecule has 0 fully saturated rings. The molecule has 6 heteroatoms. The van der Waals surface area contributed by atoms with E-state index in [9.17, 15) is 8.42 Å². The number of hydrogen-bond donors (Lipinski definition) is 0. The van der Waals surface area contributed by atoms with Gasteiger partial charge in [0.25, 0.3) is 0 Å². The van der Waals surface area contributed by atoms with E-state index in [4.69, 9.17) is 9.47 Å². The largest absolute Gasteiger partial charge is 0.497 e. The van der Waals surface area contributed by atoms with Crippen LogP contribution in [0, 0.1) is 18.8 Å². The summed E-state index contributed by atoms with van der Waals surface area (Å²) in [6.07, 6.45) is 5.02. The first-order valence-electron chi connectivity index (χ1n) is 13.3. The molecule has 0 radical (unpaired) electrons. The van der Waals surface area contributed by atoms with Crippen molar-refractivity contribution in [3.05, 3.63) is 125 Å². The lowest BCUT2D eigenvalue weighted by molar-refractivity contribution is 0.415. The Morgan fingerprint density at radius 3 is 1.62 bits per heavy atom. The molecule has 2 aliphatic carbocycles. The molecule has 0 heterocycles. The average Bonchev–Trinajstić information content (AvgIpc) is 3.61. The lowest BCUT2D eigenvalue weighted by Gasteiger charge is -2.26. The second-order valence-electron chi connectivity index (χ2n) is 10.2. The summed E-state index contributed by atoms with van der Waals surface area (Å²) in [5, 5.41) is 0. The Kier molecular flexibility index (Phi) is 6.72. The molecule has 4 aromatic rings. The fourth-order valence-electron chi connectivity index (χ4n) is 5.73. The molecule has 0 spiro atoms. The monoisotopic (exact) mass is 549 g/mol. The molecule has 0 N–H and O–H groups in total. The van der Waals surface area contributed by atoms with Crippen molar-refractivity contribution in [3.63, 3.8) is 0 Å². The van der Waals surface area contributed by atoms with Crippen LogP contribution < -0.4 is 14.4 Å². The second kappa shape index (κ2) is 10.4. The molecule has 0 aliphatic heterocycles.